The minimum Gasteiger partial charge on any atom is -0.456 e. The molecule has 6 heteroatoms. The lowest BCUT2D eigenvalue weighted by Crippen LogP contribution is -1.94. The molecule has 0 bridgehead atoms. The Hall–Kier alpha value is -17.3. The highest BCUT2D eigenvalue weighted by atomic mass is 16.3. The third-order valence-electron chi connectivity index (χ3n) is 26.3. The molecule has 0 aliphatic rings. The topological polar surface area (TPSA) is 46.0 Å². The van der Waals surface area contributed by atoms with Gasteiger partial charge in [-0.2, -0.15) is 0 Å². The monoisotopic (exact) mass is 1660 g/mol. The lowest BCUT2D eigenvalue weighted by atomic mass is 9.99. The number of para-hydroxylation sites is 6. The highest BCUT2D eigenvalue weighted by Crippen LogP contribution is 2.45. The van der Waals surface area contributed by atoms with Gasteiger partial charge < -0.3 is 27.1 Å². The van der Waals surface area contributed by atoms with Crippen molar-refractivity contribution in [3.63, 3.8) is 0 Å². The van der Waals surface area contributed by atoms with Crippen LogP contribution in [0.3, 0.4) is 0 Å². The van der Waals surface area contributed by atoms with Crippen LogP contribution in [0.4, 0.5) is 0 Å². The van der Waals surface area contributed by atoms with E-state index in [0.29, 0.717) is 0 Å². The molecule has 130 heavy (non-hydrogen) atoms. The van der Waals surface area contributed by atoms with Gasteiger partial charge in [-0.3, -0.25) is 0 Å². The second-order valence-electron chi connectivity index (χ2n) is 33.8. The number of benzene rings is 21. The number of rotatable bonds is 11. The van der Waals surface area contributed by atoms with Crippen LogP contribution in [-0.2, 0) is 0 Å². The Morgan fingerprint density at radius 1 is 0.131 bits per heavy atom. The summed E-state index contributed by atoms with van der Waals surface area (Å²) in [5.41, 5.74) is 34.8. The molecule has 608 valence electrons. The maximum absolute atomic E-state index is 6.44. The predicted octanol–water partition coefficient (Wildman–Crippen LogP) is 34.1. The molecule has 0 N–H and O–H groups in total. The molecule has 0 atom stereocenters. The maximum atomic E-state index is 6.44. The molecule has 0 saturated heterocycles. The quantitative estimate of drug-likeness (QED) is 0.130. The number of aromatic nitrogens is 4. The van der Waals surface area contributed by atoms with E-state index in [1.807, 2.05) is 18.2 Å². The number of hydrogen-bond donors (Lipinski definition) is 0. The fourth-order valence-corrected chi connectivity index (χ4v) is 20.1. The lowest BCUT2D eigenvalue weighted by molar-refractivity contribution is 0.669. The Kier molecular flexibility index (Phi) is 18.2. The molecule has 0 radical (unpaired) electrons. The van der Waals surface area contributed by atoms with Gasteiger partial charge in [0.25, 0.3) is 0 Å². The van der Waals surface area contributed by atoms with E-state index >= 15 is 0 Å². The fraction of sp³-hybridized carbons (Fsp3) is 0. The highest BCUT2D eigenvalue weighted by molar-refractivity contribution is 6.17. The first-order valence-electron chi connectivity index (χ1n) is 44.5. The van der Waals surface area contributed by atoms with Gasteiger partial charge in [-0.05, 0) is 235 Å². The zero-order valence-electron chi connectivity index (χ0n) is 70.8. The van der Waals surface area contributed by atoms with Crippen LogP contribution in [0.2, 0.25) is 0 Å². The largest absolute Gasteiger partial charge is 0.456 e. The molecule has 0 unspecified atom stereocenters. The summed E-state index contributed by atoms with van der Waals surface area (Å²) in [6, 6.07) is 174. The second kappa shape index (κ2) is 31.4. The fourth-order valence-electron chi connectivity index (χ4n) is 20.1. The van der Waals surface area contributed by atoms with Crippen molar-refractivity contribution in [1.29, 1.82) is 0 Å². The van der Waals surface area contributed by atoms with Gasteiger partial charge in [-0.15, -0.1) is 0 Å². The number of nitrogens with zero attached hydrogens (tertiary/aromatic N) is 4. The molecule has 6 aromatic heterocycles. The van der Waals surface area contributed by atoms with Crippen LogP contribution in [0, 0.1) is 0 Å². The van der Waals surface area contributed by atoms with E-state index in [4.69, 9.17) is 8.83 Å². The molecule has 6 heterocycles. The minimum absolute atomic E-state index is 0.906. The lowest BCUT2D eigenvalue weighted by Gasteiger charge is -2.11. The standard InChI is InChI=1S/2C42H27NO.C40H26N2/c1-3-10-28(11-4-1)29-18-22-33(23-19-29)43-39-17-8-7-14-35(39)37-26-31(20-24-40(37)43)32-21-25-41-38(27-32)36-16-9-15-34(42(36)44-41)30-12-5-2-6-13-30;1-3-9-28(10-4-1)30-15-20-34(21-16-30)43-39-23-18-31(32-19-24-42-38(26-32)36-13-7-8-14-41(36)44-42)25-37(39)35-22-17-33(27-40(35)43)29-11-5-2-6-12-29;1-2-12-31(13-3-1)41-37-16-8-6-14-33(37)35-25-29(19-22-39(35)41)30-20-23-40-36(26-30)34-15-7-9-17-38(34)42(40)32-21-18-27-10-4-5-11-28(27)24-32/h2*1-27H;1-26H. The molecule has 21 aromatic carbocycles. The van der Waals surface area contributed by atoms with Crippen molar-refractivity contribution in [3.05, 3.63) is 485 Å². The number of fused-ring (bicyclic) bond motifs is 19. The first-order valence-corrected chi connectivity index (χ1v) is 44.5. The van der Waals surface area contributed by atoms with Crippen LogP contribution in [0.25, 0.3) is 243 Å². The van der Waals surface area contributed by atoms with Crippen LogP contribution in [-0.4, -0.2) is 18.3 Å². The van der Waals surface area contributed by atoms with Crippen molar-refractivity contribution in [1.82, 2.24) is 18.3 Å². The van der Waals surface area contributed by atoms with Crippen molar-refractivity contribution in [3.8, 4) is 101 Å². The Morgan fingerprint density at radius 2 is 0.431 bits per heavy atom. The van der Waals surface area contributed by atoms with Gasteiger partial charge in [-0.1, -0.05) is 334 Å². The predicted molar refractivity (Wildman–Crippen MR) is 547 cm³/mol. The summed E-state index contributed by atoms with van der Waals surface area (Å²) in [6.45, 7) is 0. The summed E-state index contributed by atoms with van der Waals surface area (Å²) >= 11 is 0. The SMILES string of the molecule is c1ccc(-c2ccc(-n3c4ccc(-c5ccc6oc7ccccc7c6c5)cc4c4ccc(-c5ccccc5)cc43)cc2)cc1.c1ccc(-c2ccc(-n3c4ccccc4c4cc(-c5ccc6oc7c(-c8ccccc8)cccc7c6c5)ccc43)cc2)cc1.c1ccc(-n2c3ccccc3c3cc(-c4ccc5c(c4)c4ccccc4n5-c4ccc5ccccc5c4)ccc32)cc1. The first-order chi connectivity index (χ1) is 64.4. The van der Waals surface area contributed by atoms with Crippen LogP contribution in [0.1, 0.15) is 0 Å². The molecule has 0 amide bonds. The number of hydrogen-bond acceptors (Lipinski definition) is 2. The molecule has 0 aliphatic heterocycles. The average molecular weight is 1660 g/mol. The van der Waals surface area contributed by atoms with E-state index in [1.165, 1.54) is 176 Å². The minimum atomic E-state index is 0.906. The van der Waals surface area contributed by atoms with Crippen LogP contribution in [0.5, 0.6) is 0 Å². The number of furan rings is 2. The molecule has 0 fully saturated rings. The van der Waals surface area contributed by atoms with E-state index in [9.17, 15) is 0 Å². The van der Waals surface area contributed by atoms with Gasteiger partial charge in [0.15, 0.2) is 0 Å². The summed E-state index contributed by atoms with van der Waals surface area (Å²) in [5.74, 6) is 0. The highest BCUT2D eigenvalue weighted by Gasteiger charge is 2.22. The summed E-state index contributed by atoms with van der Waals surface area (Å²) in [4.78, 5) is 0. The Balaban J connectivity index is 0.000000105. The van der Waals surface area contributed by atoms with Gasteiger partial charge in [0, 0.05) is 92.9 Å². The van der Waals surface area contributed by atoms with Gasteiger partial charge in [0.05, 0.1) is 44.1 Å². The molecule has 27 aromatic rings. The smallest absolute Gasteiger partial charge is 0.143 e. The zero-order chi connectivity index (χ0) is 85.7. The molecule has 0 spiro atoms. The van der Waals surface area contributed by atoms with Gasteiger partial charge in [-0.25, -0.2) is 0 Å². The summed E-state index contributed by atoms with van der Waals surface area (Å²) in [7, 11) is 0. The Labute approximate surface area is 749 Å². The third-order valence-corrected chi connectivity index (χ3v) is 26.3. The van der Waals surface area contributed by atoms with Gasteiger partial charge >= 0.3 is 0 Å². The van der Waals surface area contributed by atoms with Crippen LogP contribution in [0.15, 0.2) is 494 Å². The van der Waals surface area contributed by atoms with Crippen LogP contribution < -0.4 is 0 Å². The van der Waals surface area contributed by atoms with Crippen LogP contribution >= 0.6 is 0 Å². The normalized spacial score (nSPS) is 11.7. The zero-order valence-corrected chi connectivity index (χ0v) is 70.8. The summed E-state index contributed by atoms with van der Waals surface area (Å²) in [6.07, 6.45) is 0. The first kappa shape index (κ1) is 75.2. The van der Waals surface area contributed by atoms with E-state index in [1.54, 1.807) is 0 Å². The van der Waals surface area contributed by atoms with Crippen molar-refractivity contribution in [2.75, 3.05) is 0 Å². The summed E-state index contributed by atoms with van der Waals surface area (Å²) in [5, 5.41) is 17.1. The van der Waals surface area contributed by atoms with E-state index in [2.05, 4.69) is 485 Å². The van der Waals surface area contributed by atoms with E-state index in [-0.39, 0.29) is 0 Å². The molecular weight excluding hydrogens is 1580 g/mol. The van der Waals surface area contributed by atoms with Gasteiger partial charge in [0.2, 0.25) is 0 Å². The van der Waals surface area contributed by atoms with E-state index < -0.39 is 0 Å². The molecule has 0 saturated carbocycles. The molecule has 27 rings (SSSR count). The molecule has 0 aliphatic carbocycles. The van der Waals surface area contributed by atoms with Crippen molar-refractivity contribution in [2.24, 2.45) is 0 Å². The van der Waals surface area contributed by atoms with Crippen molar-refractivity contribution >= 4 is 142 Å². The summed E-state index contributed by atoms with van der Waals surface area (Å²) < 4.78 is 22.1. The van der Waals surface area contributed by atoms with Gasteiger partial charge in [0.1, 0.15) is 22.3 Å². The van der Waals surface area contributed by atoms with Crippen molar-refractivity contribution < 1.29 is 8.83 Å². The molecular formula is C124H80N4O2. The van der Waals surface area contributed by atoms with Crippen molar-refractivity contribution in [2.45, 2.75) is 0 Å². The second-order valence-corrected chi connectivity index (χ2v) is 33.8. The van der Waals surface area contributed by atoms with E-state index in [0.717, 1.165) is 66.4 Å². The average Bonchev–Trinajstić information content (AvgIpc) is 1.60. The molecule has 6 nitrogen and oxygen atoms in total. The Morgan fingerprint density at radius 3 is 0.923 bits per heavy atom. The maximum Gasteiger partial charge on any atom is 0.143 e. The Bertz CT molecular complexity index is 9070. The third kappa shape index (κ3) is 13.0.